The molecule has 1 heterocycles. The Hall–Kier alpha value is -0.610. The highest BCUT2D eigenvalue weighted by atomic mass is 16.5. The van der Waals surface area contributed by atoms with Crippen LogP contribution in [0.25, 0.3) is 0 Å². The summed E-state index contributed by atoms with van der Waals surface area (Å²) in [7, 11) is 1.71. The summed E-state index contributed by atoms with van der Waals surface area (Å²) in [5.74, 6) is 0.240. The summed E-state index contributed by atoms with van der Waals surface area (Å²) in [6, 6.07) is 0.194. The van der Waals surface area contributed by atoms with E-state index in [-0.39, 0.29) is 18.1 Å². The molecule has 1 aliphatic rings. The van der Waals surface area contributed by atoms with Crippen LogP contribution in [0.1, 0.15) is 59.8 Å². The second kappa shape index (κ2) is 7.25. The van der Waals surface area contributed by atoms with Crippen LogP contribution in [-0.2, 0) is 9.53 Å². The summed E-state index contributed by atoms with van der Waals surface area (Å²) in [6.07, 6.45) is 5.14. The Kier molecular flexibility index (Phi) is 6.27. The molecule has 19 heavy (non-hydrogen) atoms. The summed E-state index contributed by atoms with van der Waals surface area (Å²) in [6.45, 7) is 9.04. The maximum absolute atomic E-state index is 12.7. The van der Waals surface area contributed by atoms with Gasteiger partial charge in [0.2, 0.25) is 5.91 Å². The second-order valence-electron chi connectivity index (χ2n) is 5.74. The Balaban J connectivity index is 2.94. The van der Waals surface area contributed by atoms with Crippen LogP contribution in [0.2, 0.25) is 0 Å². The van der Waals surface area contributed by atoms with Gasteiger partial charge in [-0.3, -0.25) is 10.1 Å². The molecule has 1 amide bonds. The third-order valence-electron chi connectivity index (χ3n) is 4.17. The maximum atomic E-state index is 12.7. The van der Waals surface area contributed by atoms with E-state index in [1.54, 1.807) is 7.11 Å². The molecule has 4 nitrogen and oxygen atoms in total. The molecule has 0 bridgehead atoms. The van der Waals surface area contributed by atoms with E-state index >= 15 is 0 Å². The SMILES string of the molecule is CCCC(COC)N1C(=O)C(C)(CC)NC1CCC. The summed E-state index contributed by atoms with van der Waals surface area (Å²) in [5, 5.41) is 3.54. The lowest BCUT2D eigenvalue weighted by molar-refractivity contribution is -0.136. The Morgan fingerprint density at radius 3 is 2.53 bits per heavy atom. The predicted molar refractivity (Wildman–Crippen MR) is 77.9 cm³/mol. The second-order valence-corrected chi connectivity index (χ2v) is 5.74. The fourth-order valence-electron chi connectivity index (χ4n) is 2.91. The summed E-state index contributed by atoms with van der Waals surface area (Å²) < 4.78 is 5.32. The highest BCUT2D eigenvalue weighted by molar-refractivity contribution is 5.88. The first-order valence-corrected chi connectivity index (χ1v) is 7.63. The molecule has 0 aromatic rings. The molecule has 0 aromatic carbocycles. The number of amides is 1. The standard InChI is InChI=1S/C15H30N2O2/c1-6-9-12(11-19-5)17-13(10-7-2)16-15(4,8-3)14(17)18/h12-13,16H,6-11H2,1-5H3. The smallest absolute Gasteiger partial charge is 0.244 e. The molecule has 1 fully saturated rings. The van der Waals surface area contributed by atoms with Crippen molar-refractivity contribution in [2.24, 2.45) is 0 Å². The Morgan fingerprint density at radius 2 is 2.05 bits per heavy atom. The fourth-order valence-corrected chi connectivity index (χ4v) is 2.91. The average molecular weight is 270 g/mol. The molecule has 1 aliphatic heterocycles. The Bertz CT molecular complexity index is 280. The van der Waals surface area contributed by atoms with Crippen LogP contribution in [-0.4, -0.2) is 42.3 Å². The first kappa shape index (κ1) is 16.4. The van der Waals surface area contributed by atoms with E-state index in [2.05, 4.69) is 31.0 Å². The van der Waals surface area contributed by atoms with Gasteiger partial charge < -0.3 is 9.64 Å². The van der Waals surface area contributed by atoms with Gasteiger partial charge in [0.05, 0.1) is 24.4 Å². The van der Waals surface area contributed by atoms with Crippen molar-refractivity contribution < 1.29 is 9.53 Å². The number of nitrogens with zero attached hydrogens (tertiary/aromatic N) is 1. The molecule has 0 aromatic heterocycles. The average Bonchev–Trinajstić information content (AvgIpc) is 2.63. The molecule has 1 rings (SSSR count). The zero-order valence-corrected chi connectivity index (χ0v) is 13.2. The fraction of sp³-hybridized carbons (Fsp3) is 0.933. The summed E-state index contributed by atoms with van der Waals surface area (Å²) in [4.78, 5) is 14.8. The lowest BCUT2D eigenvalue weighted by atomic mass is 9.98. The molecule has 4 heteroatoms. The van der Waals surface area contributed by atoms with Crippen molar-refractivity contribution in [1.29, 1.82) is 0 Å². The number of carbonyl (C=O) groups excluding carboxylic acids is 1. The normalized spacial score (nSPS) is 29.0. The molecule has 3 atom stereocenters. The third kappa shape index (κ3) is 3.48. The zero-order chi connectivity index (χ0) is 14.5. The van der Waals surface area contributed by atoms with Crippen LogP contribution in [0.5, 0.6) is 0 Å². The van der Waals surface area contributed by atoms with E-state index in [1.807, 2.05) is 6.92 Å². The monoisotopic (exact) mass is 270 g/mol. The van der Waals surface area contributed by atoms with Crippen molar-refractivity contribution in [2.75, 3.05) is 13.7 Å². The van der Waals surface area contributed by atoms with Crippen molar-refractivity contribution in [1.82, 2.24) is 10.2 Å². The molecule has 0 radical (unpaired) electrons. The van der Waals surface area contributed by atoms with Gasteiger partial charge in [-0.25, -0.2) is 0 Å². The first-order chi connectivity index (χ1) is 9.03. The highest BCUT2D eigenvalue weighted by Gasteiger charge is 2.48. The van der Waals surface area contributed by atoms with E-state index in [1.165, 1.54) is 0 Å². The number of rotatable bonds is 8. The van der Waals surface area contributed by atoms with E-state index in [0.29, 0.717) is 6.61 Å². The van der Waals surface area contributed by atoms with E-state index in [9.17, 15) is 4.79 Å². The minimum Gasteiger partial charge on any atom is -0.383 e. The molecule has 1 N–H and O–H groups in total. The van der Waals surface area contributed by atoms with Crippen molar-refractivity contribution in [3.8, 4) is 0 Å². The van der Waals surface area contributed by atoms with Crippen LogP contribution in [0.15, 0.2) is 0 Å². The van der Waals surface area contributed by atoms with Crippen molar-refractivity contribution in [2.45, 2.75) is 77.5 Å². The van der Waals surface area contributed by atoms with Gasteiger partial charge in [-0.15, -0.1) is 0 Å². The minimum absolute atomic E-state index is 0.161. The van der Waals surface area contributed by atoms with E-state index in [0.717, 1.165) is 32.1 Å². The largest absolute Gasteiger partial charge is 0.383 e. The number of nitrogens with one attached hydrogen (secondary N) is 1. The van der Waals surface area contributed by atoms with Gasteiger partial charge in [0, 0.05) is 7.11 Å². The third-order valence-corrected chi connectivity index (χ3v) is 4.17. The van der Waals surface area contributed by atoms with Crippen molar-refractivity contribution in [3.05, 3.63) is 0 Å². The molecular formula is C15H30N2O2. The Morgan fingerprint density at radius 1 is 1.37 bits per heavy atom. The Labute approximate surface area is 117 Å². The molecular weight excluding hydrogens is 240 g/mol. The molecule has 3 unspecified atom stereocenters. The van der Waals surface area contributed by atoms with Gasteiger partial charge in [-0.2, -0.15) is 0 Å². The van der Waals surface area contributed by atoms with Crippen molar-refractivity contribution in [3.63, 3.8) is 0 Å². The maximum Gasteiger partial charge on any atom is 0.244 e. The van der Waals surface area contributed by atoms with Gasteiger partial charge in [0.15, 0.2) is 0 Å². The number of hydrogen-bond acceptors (Lipinski definition) is 3. The van der Waals surface area contributed by atoms with Crippen LogP contribution < -0.4 is 5.32 Å². The number of carbonyl (C=O) groups is 1. The molecule has 112 valence electrons. The topological polar surface area (TPSA) is 41.6 Å². The lowest BCUT2D eigenvalue weighted by Crippen LogP contribution is -2.47. The number of methoxy groups -OCH3 is 1. The van der Waals surface area contributed by atoms with Crippen LogP contribution in [0, 0.1) is 0 Å². The lowest BCUT2D eigenvalue weighted by Gasteiger charge is -2.32. The quantitative estimate of drug-likeness (QED) is 0.737. The summed E-state index contributed by atoms with van der Waals surface area (Å²) >= 11 is 0. The van der Waals surface area contributed by atoms with E-state index < -0.39 is 5.54 Å². The van der Waals surface area contributed by atoms with Crippen molar-refractivity contribution >= 4 is 5.91 Å². The van der Waals surface area contributed by atoms with Crippen LogP contribution in [0.3, 0.4) is 0 Å². The molecule has 0 spiro atoms. The van der Waals surface area contributed by atoms with Gasteiger partial charge in [0.1, 0.15) is 0 Å². The predicted octanol–water partition coefficient (Wildman–Crippen LogP) is 2.53. The first-order valence-electron chi connectivity index (χ1n) is 7.63. The zero-order valence-electron chi connectivity index (χ0n) is 13.2. The van der Waals surface area contributed by atoms with E-state index in [4.69, 9.17) is 4.74 Å². The van der Waals surface area contributed by atoms with Gasteiger partial charge in [-0.05, 0) is 26.2 Å². The number of ether oxygens (including phenoxy) is 1. The minimum atomic E-state index is -0.403. The molecule has 0 saturated carbocycles. The van der Waals surface area contributed by atoms with Gasteiger partial charge in [0.25, 0.3) is 0 Å². The highest BCUT2D eigenvalue weighted by Crippen LogP contribution is 2.29. The molecule has 0 aliphatic carbocycles. The summed E-state index contributed by atoms with van der Waals surface area (Å²) in [5.41, 5.74) is -0.403. The number of hydrogen-bond donors (Lipinski definition) is 1. The molecule has 1 saturated heterocycles. The van der Waals surface area contributed by atoms with Crippen LogP contribution in [0.4, 0.5) is 0 Å². The van der Waals surface area contributed by atoms with Crippen LogP contribution >= 0.6 is 0 Å². The van der Waals surface area contributed by atoms with Gasteiger partial charge >= 0.3 is 0 Å². The van der Waals surface area contributed by atoms with Gasteiger partial charge in [-0.1, -0.05) is 33.6 Å².